The summed E-state index contributed by atoms with van der Waals surface area (Å²) in [6.45, 7) is 0. The Morgan fingerprint density at radius 1 is 0.962 bits per heavy atom. The van der Waals surface area contributed by atoms with E-state index >= 15 is 0 Å². The van der Waals surface area contributed by atoms with Gasteiger partial charge in [-0.3, -0.25) is 14.8 Å². The van der Waals surface area contributed by atoms with Crippen molar-refractivity contribution in [2.45, 2.75) is 6.18 Å². The Morgan fingerprint density at radius 3 is 2.23 bits per heavy atom. The largest absolute Gasteiger partial charge is 0.418 e. The van der Waals surface area contributed by atoms with Crippen molar-refractivity contribution >= 4 is 11.7 Å². The number of alkyl halides is 3. The Labute approximate surface area is 145 Å². The second-order valence-electron chi connectivity index (χ2n) is 4.68. The van der Waals surface area contributed by atoms with Crippen LogP contribution in [0.4, 0.5) is 19.0 Å². The van der Waals surface area contributed by atoms with Gasteiger partial charge in [0.1, 0.15) is 22.9 Å². The number of nitrogens with zero attached hydrogens (tertiary/aromatic N) is 5. The van der Waals surface area contributed by atoms with E-state index < -0.39 is 17.6 Å². The van der Waals surface area contributed by atoms with Gasteiger partial charge in [-0.15, -0.1) is 0 Å². The van der Waals surface area contributed by atoms with Crippen molar-refractivity contribution in [3.63, 3.8) is 0 Å². The van der Waals surface area contributed by atoms with Gasteiger partial charge in [0.05, 0.1) is 24.2 Å². The number of carbonyl (C=O) groups is 1. The summed E-state index contributed by atoms with van der Waals surface area (Å²) >= 11 is 0. The van der Waals surface area contributed by atoms with Crippen LogP contribution in [-0.4, -0.2) is 30.8 Å². The normalized spacial score (nSPS) is 10.6. The average Bonchev–Trinajstić information content (AvgIpc) is 2.63. The topological polar surface area (TPSA) is 134 Å². The molecule has 134 valence electrons. The first-order chi connectivity index (χ1) is 12.3. The molecule has 0 bridgehead atoms. The number of anilines is 1. The summed E-state index contributed by atoms with van der Waals surface area (Å²) in [5.74, 6) is -0.415. The highest BCUT2D eigenvalue weighted by molar-refractivity contribution is 5.90. The first-order valence-corrected chi connectivity index (χ1v) is 6.95. The number of halogens is 3. The molecule has 8 nitrogen and oxygen atoms in total. The number of rotatable bonds is 2. The minimum atomic E-state index is -4.48. The molecule has 0 radical (unpaired) electrons. The van der Waals surface area contributed by atoms with Crippen LogP contribution in [-0.2, 0) is 6.18 Å². The molecular weight excluding hydrogens is 351 g/mol. The molecule has 4 N–H and O–H groups in total. The van der Waals surface area contributed by atoms with Gasteiger partial charge in [-0.1, -0.05) is 0 Å². The number of amides is 1. The van der Waals surface area contributed by atoms with Crippen LogP contribution >= 0.6 is 0 Å². The van der Waals surface area contributed by atoms with Crippen molar-refractivity contribution in [3.05, 3.63) is 60.6 Å². The molecule has 3 heterocycles. The number of nitrogens with two attached hydrogens (primary N) is 2. The van der Waals surface area contributed by atoms with Crippen molar-refractivity contribution in [1.29, 1.82) is 0 Å². The highest BCUT2D eigenvalue weighted by Gasteiger charge is 2.34. The first-order valence-electron chi connectivity index (χ1n) is 6.95. The molecule has 11 heteroatoms. The SMILES string of the molecule is NC(=O)c1cnccn1.Nc1cnc(-c2ncccc2C(F)(F)F)cn1. The van der Waals surface area contributed by atoms with Gasteiger partial charge in [0, 0.05) is 18.6 Å². The molecular formula is C15H12F3N7O. The van der Waals surface area contributed by atoms with Crippen molar-refractivity contribution in [3.8, 4) is 11.4 Å². The Hall–Kier alpha value is -3.63. The Bertz CT molecular complexity index is 870. The zero-order valence-electron chi connectivity index (χ0n) is 13.1. The highest BCUT2D eigenvalue weighted by Crippen LogP contribution is 2.34. The van der Waals surface area contributed by atoms with E-state index in [1.54, 1.807) is 0 Å². The maximum atomic E-state index is 12.7. The van der Waals surface area contributed by atoms with Crippen LogP contribution < -0.4 is 11.5 Å². The van der Waals surface area contributed by atoms with E-state index in [-0.39, 0.29) is 22.9 Å². The van der Waals surface area contributed by atoms with Gasteiger partial charge >= 0.3 is 6.18 Å². The van der Waals surface area contributed by atoms with Gasteiger partial charge in [0.25, 0.3) is 5.91 Å². The lowest BCUT2D eigenvalue weighted by Gasteiger charge is -2.10. The molecule has 1 amide bonds. The lowest BCUT2D eigenvalue weighted by Crippen LogP contribution is -2.12. The molecule has 3 aromatic heterocycles. The summed E-state index contributed by atoms with van der Waals surface area (Å²) in [7, 11) is 0. The lowest BCUT2D eigenvalue weighted by molar-refractivity contribution is -0.137. The maximum absolute atomic E-state index is 12.7. The first kappa shape index (κ1) is 18.7. The summed E-state index contributed by atoms with van der Waals surface area (Å²) in [5, 5.41) is 0. The molecule has 3 rings (SSSR count). The molecule has 0 saturated carbocycles. The van der Waals surface area contributed by atoms with Crippen LogP contribution in [0.2, 0.25) is 0 Å². The predicted molar refractivity (Wildman–Crippen MR) is 85.2 cm³/mol. The van der Waals surface area contributed by atoms with Gasteiger partial charge < -0.3 is 11.5 Å². The molecule has 0 spiro atoms. The summed E-state index contributed by atoms with van der Waals surface area (Å²) in [5.41, 5.74) is 9.31. The number of nitrogen functional groups attached to an aromatic ring is 1. The minimum Gasteiger partial charge on any atom is -0.382 e. The Morgan fingerprint density at radius 2 is 1.73 bits per heavy atom. The molecule has 0 atom stereocenters. The van der Waals surface area contributed by atoms with E-state index in [9.17, 15) is 18.0 Å². The van der Waals surface area contributed by atoms with Gasteiger partial charge in [0.15, 0.2) is 0 Å². The molecule has 0 aliphatic heterocycles. The third-order valence-corrected chi connectivity index (χ3v) is 2.84. The molecule has 0 aliphatic rings. The van der Waals surface area contributed by atoms with E-state index in [0.29, 0.717) is 0 Å². The smallest absolute Gasteiger partial charge is 0.382 e. The van der Waals surface area contributed by atoms with E-state index in [1.165, 1.54) is 37.1 Å². The molecule has 0 unspecified atom stereocenters. The van der Waals surface area contributed by atoms with E-state index in [1.807, 2.05) is 0 Å². The van der Waals surface area contributed by atoms with Gasteiger partial charge in [-0.05, 0) is 12.1 Å². The summed E-state index contributed by atoms with van der Waals surface area (Å²) < 4.78 is 38.1. The molecule has 0 fully saturated rings. The molecule has 0 aliphatic carbocycles. The van der Waals surface area contributed by atoms with Crippen molar-refractivity contribution in [2.75, 3.05) is 5.73 Å². The number of carbonyl (C=O) groups excluding carboxylic acids is 1. The third-order valence-electron chi connectivity index (χ3n) is 2.84. The van der Waals surface area contributed by atoms with Crippen molar-refractivity contribution in [1.82, 2.24) is 24.9 Å². The second kappa shape index (κ2) is 7.96. The van der Waals surface area contributed by atoms with Crippen LogP contribution in [0.15, 0.2) is 49.3 Å². The number of primary amides is 1. The van der Waals surface area contributed by atoms with Gasteiger partial charge in [-0.25, -0.2) is 15.0 Å². The molecule has 0 saturated heterocycles. The molecule has 3 aromatic rings. The minimum absolute atomic E-state index is 0.0344. The Balaban J connectivity index is 0.000000228. The zero-order valence-corrected chi connectivity index (χ0v) is 13.1. The molecule has 26 heavy (non-hydrogen) atoms. The van der Waals surface area contributed by atoms with E-state index in [0.717, 1.165) is 12.3 Å². The summed E-state index contributed by atoms with van der Waals surface area (Å²) in [6, 6.07) is 2.16. The Kier molecular flexibility index (Phi) is 5.73. The fourth-order valence-electron chi connectivity index (χ4n) is 1.72. The van der Waals surface area contributed by atoms with Crippen molar-refractivity contribution in [2.24, 2.45) is 5.73 Å². The van der Waals surface area contributed by atoms with E-state index in [2.05, 4.69) is 24.9 Å². The number of pyridine rings is 1. The predicted octanol–water partition coefficient (Wildman–Crippen LogP) is 1.72. The quantitative estimate of drug-likeness (QED) is 0.708. The fourth-order valence-corrected chi connectivity index (χ4v) is 1.72. The third kappa shape index (κ3) is 4.93. The number of aromatic nitrogens is 5. The van der Waals surface area contributed by atoms with Crippen molar-refractivity contribution < 1.29 is 18.0 Å². The number of hydrogen-bond donors (Lipinski definition) is 2. The average molecular weight is 363 g/mol. The monoisotopic (exact) mass is 363 g/mol. The summed E-state index contributed by atoms with van der Waals surface area (Å²) in [4.78, 5) is 28.7. The molecule has 0 aromatic carbocycles. The van der Waals surface area contributed by atoms with Gasteiger partial charge in [0.2, 0.25) is 0 Å². The standard InChI is InChI=1S/C10H7F3N4.C5H5N3O/c11-10(12,13)6-2-1-3-15-9(6)7-4-17-8(14)5-16-7;6-5(9)4-3-7-1-2-8-4/h1-5H,(H2,14,17);1-3H,(H2,6,9). The lowest BCUT2D eigenvalue weighted by atomic mass is 10.1. The van der Waals surface area contributed by atoms with E-state index in [4.69, 9.17) is 11.5 Å². The van der Waals surface area contributed by atoms with Crippen LogP contribution in [0.25, 0.3) is 11.4 Å². The zero-order chi connectivity index (χ0) is 19.2. The van der Waals surface area contributed by atoms with Crippen LogP contribution in [0.3, 0.4) is 0 Å². The summed E-state index contributed by atoms with van der Waals surface area (Å²) in [6.07, 6.45) is 3.35. The van der Waals surface area contributed by atoms with Crippen LogP contribution in [0.5, 0.6) is 0 Å². The maximum Gasteiger partial charge on any atom is 0.418 e. The number of hydrogen-bond acceptors (Lipinski definition) is 7. The van der Waals surface area contributed by atoms with Crippen LogP contribution in [0, 0.1) is 0 Å². The van der Waals surface area contributed by atoms with Crippen LogP contribution in [0.1, 0.15) is 16.1 Å². The second-order valence-corrected chi connectivity index (χ2v) is 4.68. The van der Waals surface area contributed by atoms with Gasteiger partial charge in [-0.2, -0.15) is 13.2 Å². The fraction of sp³-hybridized carbons (Fsp3) is 0.0667. The highest BCUT2D eigenvalue weighted by atomic mass is 19.4.